The fourth-order valence-electron chi connectivity index (χ4n) is 0. The van der Waals surface area contributed by atoms with Crippen molar-refractivity contribution in [1.29, 1.82) is 0 Å². The average molecular weight is 150 g/mol. The highest BCUT2D eigenvalue weighted by molar-refractivity contribution is 4.73. The maximum Gasteiger partial charge on any atom is 0 e. The summed E-state index contributed by atoms with van der Waals surface area (Å²) in [7, 11) is 0. The van der Waals surface area contributed by atoms with Gasteiger partial charge in [0.1, 0.15) is 0 Å². The van der Waals surface area contributed by atoms with Crippen LogP contribution >= 0.6 is 0 Å². The molecule has 0 rings (SSSR count). The molecule has 0 bridgehead atoms. The van der Waals surface area contributed by atoms with Crippen LogP contribution in [-0.2, 0) is 0 Å². The molecule has 0 heterocycles. The Bertz CT molecular complexity index is 38.5. The smallest absolute Gasteiger partial charge is 0 e. The molecule has 0 atom stereocenters. The molecular weight excluding hydrogens is 96.1 g/mol. The van der Waals surface area contributed by atoms with E-state index in [0.29, 0.717) is 0 Å². The molecule has 0 saturated heterocycles. The van der Waals surface area contributed by atoms with Gasteiger partial charge in [0.2, 0.25) is 0 Å². The number of rotatable bonds is 0. The van der Waals surface area contributed by atoms with E-state index < -0.39 is 0 Å². The standard InChI is InChI=1S/C3H4.5CH4.6H2/c1-3-2;;;;;;;;;;;/h1H,2H3;5*1H4;6*1H/i;;;;;;3*1+2T;3*1+2. The van der Waals surface area contributed by atoms with Crippen molar-refractivity contribution in [3.8, 4) is 12.3 Å². The van der Waals surface area contributed by atoms with E-state index in [-0.39, 0.29) is 41.4 Å². The van der Waals surface area contributed by atoms with Crippen LogP contribution in [-0.4, -0.2) is 0 Å². The van der Waals surface area contributed by atoms with Gasteiger partial charge in [-0.05, 0) is 6.92 Å². The lowest BCUT2D eigenvalue weighted by Crippen LogP contribution is -1.10. The molecule has 0 unspecified atom stereocenters. The maximum absolute atomic E-state index is 5.00. The zero-order chi connectivity index (χ0) is 8.71. The summed E-state index contributed by atoms with van der Waals surface area (Å²) in [6.07, 6.45) is 4.60. The first-order valence-electron chi connectivity index (χ1n) is 3.79. The van der Waals surface area contributed by atoms with Gasteiger partial charge in [-0.15, -0.1) is 12.3 Å². The summed E-state index contributed by atoms with van der Waals surface area (Å²) < 4.78 is 30.0. The molecule has 0 aliphatic carbocycles. The van der Waals surface area contributed by atoms with E-state index in [1.165, 1.54) is 0 Å². The third kappa shape index (κ3) is 597. The second-order valence-electron chi connectivity index (χ2n) is 0.289. The number of terminal acetylenes is 1. The minimum atomic E-state index is 0. The van der Waals surface area contributed by atoms with Gasteiger partial charge in [-0.2, -0.15) is 0 Å². The molecule has 0 fully saturated rings. The predicted molar refractivity (Wildman–Crippen MR) is 60.8 cm³/mol. The van der Waals surface area contributed by atoms with Crippen LogP contribution in [0.25, 0.3) is 0 Å². The van der Waals surface area contributed by atoms with E-state index in [9.17, 15) is 0 Å². The molecule has 0 aliphatic rings. The monoisotopic (exact) mass is 150 g/mol. The zero-order valence-electron chi connectivity index (χ0n) is 8.08. The third-order valence-corrected chi connectivity index (χ3v) is 0. The maximum atomic E-state index is 5.00. The first-order valence-corrected chi connectivity index (χ1v) is 0.789. The Morgan fingerprint density at radius 3 is 1.12 bits per heavy atom. The molecule has 68 valence electrons. The average Bonchev–Trinajstić information content (AvgIpc) is 2.01. The van der Waals surface area contributed by atoms with Crippen LogP contribution in [0.15, 0.2) is 0 Å². The van der Waals surface area contributed by atoms with Crippen LogP contribution in [0, 0.1) is 12.3 Å². The van der Waals surface area contributed by atoms with Gasteiger partial charge in [0.05, 0.1) is 0 Å². The van der Waals surface area contributed by atoms with Gasteiger partial charge < -0.3 is 0 Å². The van der Waals surface area contributed by atoms with Crippen molar-refractivity contribution in [2.75, 3.05) is 0 Å². The van der Waals surface area contributed by atoms with Crippen molar-refractivity contribution in [3.05, 3.63) is 0 Å². The summed E-state index contributed by atoms with van der Waals surface area (Å²) in [5.41, 5.74) is 0. The van der Waals surface area contributed by atoms with Crippen molar-refractivity contribution in [3.63, 3.8) is 0 Å². The van der Waals surface area contributed by atoms with E-state index in [4.69, 9.17) is 8.91 Å². The van der Waals surface area contributed by atoms with Gasteiger partial charge in [0.25, 0.3) is 0 Å². The Kier molecular flexibility index (Phi) is 1260. The SMILES string of the molecule is C.C.C.C.C.C#CC.[3HH].[3HH].[3HH].[3H][3H].[3H][3H].[3H][3H]. The Morgan fingerprint density at radius 1 is 1.12 bits per heavy atom. The Labute approximate surface area is 71.0 Å². The normalized spacial score (nSPS) is 4.00. The van der Waals surface area contributed by atoms with E-state index in [1.54, 1.807) is 6.92 Å². The Balaban J connectivity index is -0.00000000171. The zero-order valence-corrected chi connectivity index (χ0v) is 2.08. The van der Waals surface area contributed by atoms with Crippen molar-refractivity contribution < 1.29 is 13.2 Å². The minimum Gasteiger partial charge on any atom is -0.120 e. The lowest BCUT2D eigenvalue weighted by Gasteiger charge is -1.23. The summed E-state index contributed by atoms with van der Waals surface area (Å²) in [6.45, 7) is 1.65. The fraction of sp³-hybridized carbons (Fsp3) is 0.750. The quantitative estimate of drug-likeness (QED) is 0.411. The highest BCUT2D eigenvalue weighted by Crippen LogP contribution is 1.21. The Morgan fingerprint density at radius 2 is 1.12 bits per heavy atom. The minimum absolute atomic E-state index is 0. The topological polar surface area (TPSA) is 0 Å². The lowest BCUT2D eigenvalue weighted by atomic mass is 10.9. The molecule has 0 aromatic carbocycles. The van der Waals surface area contributed by atoms with Crippen molar-refractivity contribution in [1.82, 2.24) is 0 Å². The van der Waals surface area contributed by atoms with Gasteiger partial charge in [0, 0.05) is 13.2 Å². The highest BCUT2D eigenvalue weighted by atomic mass is 13.2. The van der Waals surface area contributed by atoms with Crippen molar-refractivity contribution in [2.24, 2.45) is 0 Å². The second-order valence-corrected chi connectivity index (χ2v) is 0.289. The fourth-order valence-corrected chi connectivity index (χ4v) is 0. The van der Waals surface area contributed by atoms with Crippen LogP contribution in [0.2, 0.25) is 0 Å². The largest absolute Gasteiger partial charge is 0.120 e. The summed E-state index contributed by atoms with van der Waals surface area (Å²) in [5, 5.41) is 0. The molecule has 0 radical (unpaired) electrons. The molecule has 0 N–H and O–H groups in total. The van der Waals surface area contributed by atoms with E-state index in [1.807, 2.05) is 0 Å². The molecule has 0 amide bonds. The Hall–Kier alpha value is -0.440. The van der Waals surface area contributed by atoms with Gasteiger partial charge in [-0.3, -0.25) is 0 Å². The van der Waals surface area contributed by atoms with Crippen LogP contribution < -0.4 is 0 Å². The highest BCUT2D eigenvalue weighted by Gasteiger charge is 1.09. The van der Waals surface area contributed by atoms with Gasteiger partial charge in [0.15, 0.2) is 0 Å². The molecule has 0 nitrogen and oxygen atoms in total. The first-order chi connectivity index (χ1) is 4.41. The molecule has 0 heteroatoms. The molecule has 0 aliphatic heterocycles. The van der Waals surface area contributed by atoms with Crippen molar-refractivity contribution in [2.45, 2.75) is 44.1 Å². The summed E-state index contributed by atoms with van der Waals surface area (Å²) in [6, 6.07) is 0. The lowest BCUT2D eigenvalue weighted by molar-refractivity contribution is 1.94. The van der Waals surface area contributed by atoms with Gasteiger partial charge in [-0.1, -0.05) is 37.1 Å². The summed E-state index contributed by atoms with van der Waals surface area (Å²) in [4.78, 5) is 0. The van der Waals surface area contributed by atoms with Crippen LogP contribution in [0.5, 0.6) is 0 Å². The molecular formula is C8H36. The first kappa shape index (κ1) is 15.6. The van der Waals surface area contributed by atoms with E-state index >= 15 is 0 Å². The third-order valence-electron chi connectivity index (χ3n) is 0. The van der Waals surface area contributed by atoms with Crippen LogP contribution in [0.1, 0.15) is 57.2 Å². The second kappa shape index (κ2) is 647. The molecule has 0 aromatic heterocycles. The van der Waals surface area contributed by atoms with Gasteiger partial charge in [-0.25, -0.2) is 0 Å². The number of hydrogen-bond acceptors (Lipinski definition) is 0. The summed E-state index contributed by atoms with van der Waals surface area (Å²) >= 11 is 0. The molecule has 0 saturated carbocycles. The van der Waals surface area contributed by atoms with Crippen molar-refractivity contribution >= 4 is 0 Å². The number of hydrogen-bond donors (Lipinski definition) is 0. The summed E-state index contributed by atoms with van der Waals surface area (Å²) in [5.74, 6) is 2.25. The van der Waals surface area contributed by atoms with Crippen LogP contribution in [0.3, 0.4) is 0 Å². The molecule has 8 heavy (non-hydrogen) atoms. The predicted octanol–water partition coefficient (Wildman–Crippen LogP) is 5.30. The van der Waals surface area contributed by atoms with Gasteiger partial charge >= 0.3 is 0 Å². The van der Waals surface area contributed by atoms with Crippen LogP contribution in [0.4, 0.5) is 0 Å². The van der Waals surface area contributed by atoms with E-state index in [0.717, 1.165) is 0 Å². The molecule has 0 spiro atoms. The van der Waals surface area contributed by atoms with E-state index in [2.05, 4.69) is 12.3 Å². The molecule has 0 aromatic rings.